The maximum atomic E-state index is 11.1. The first kappa shape index (κ1) is 9.24. The third-order valence-electron chi connectivity index (χ3n) is 1.46. The van der Waals surface area contributed by atoms with Gasteiger partial charge in [0.05, 0.1) is 0 Å². The summed E-state index contributed by atoms with van der Waals surface area (Å²) in [6.07, 6.45) is 0. The van der Waals surface area contributed by atoms with E-state index in [1.165, 1.54) is 19.2 Å². The number of nitrogens with two attached hydrogens (primary N) is 1. The molecular formula is C7H10N4O2. The molecule has 0 bridgehead atoms. The molecule has 1 amide bonds. The van der Waals surface area contributed by atoms with Gasteiger partial charge in [-0.15, -0.1) is 0 Å². The lowest BCUT2D eigenvalue weighted by Gasteiger charge is -2.02. The van der Waals surface area contributed by atoms with E-state index < -0.39 is 0 Å². The zero-order valence-corrected chi connectivity index (χ0v) is 7.15. The highest BCUT2D eigenvalue weighted by Gasteiger charge is 2.02. The van der Waals surface area contributed by atoms with Crippen LogP contribution in [0.3, 0.4) is 0 Å². The summed E-state index contributed by atoms with van der Waals surface area (Å²) in [6, 6.07) is 2.66. The second kappa shape index (κ2) is 3.70. The van der Waals surface area contributed by atoms with Gasteiger partial charge in [0.15, 0.2) is 0 Å². The number of carbonyl (C=O) groups excluding carboxylic acids is 1. The van der Waals surface area contributed by atoms with E-state index in [1.807, 2.05) is 0 Å². The summed E-state index contributed by atoms with van der Waals surface area (Å²) in [5.74, 6) is -0.0799. The smallest absolute Gasteiger partial charge is 0.267 e. The van der Waals surface area contributed by atoms with E-state index in [4.69, 9.17) is 5.73 Å². The quantitative estimate of drug-likeness (QED) is 0.586. The number of nitrogen functional groups attached to an aromatic ring is 1. The number of likely N-dealkylation sites (N-methyl/N-ethyl adjacent to an activating group) is 1. The summed E-state index contributed by atoms with van der Waals surface area (Å²) in [5, 5.41) is 6.06. The van der Waals surface area contributed by atoms with Crippen molar-refractivity contribution in [2.45, 2.75) is 6.54 Å². The van der Waals surface area contributed by atoms with Gasteiger partial charge in [0.25, 0.3) is 5.56 Å². The van der Waals surface area contributed by atoms with E-state index in [2.05, 4.69) is 10.4 Å². The molecule has 0 spiro atoms. The highest BCUT2D eigenvalue weighted by Crippen LogP contribution is 1.88. The minimum Gasteiger partial charge on any atom is -0.382 e. The first-order valence-corrected chi connectivity index (χ1v) is 3.67. The Morgan fingerprint density at radius 3 is 3.00 bits per heavy atom. The number of rotatable bonds is 2. The Labute approximate surface area is 74.4 Å². The van der Waals surface area contributed by atoms with Gasteiger partial charge in [0.2, 0.25) is 5.91 Å². The van der Waals surface area contributed by atoms with E-state index in [-0.39, 0.29) is 23.8 Å². The molecule has 1 aromatic rings. The Kier molecular flexibility index (Phi) is 2.63. The lowest BCUT2D eigenvalue weighted by atomic mass is 10.5. The van der Waals surface area contributed by atoms with Crippen LogP contribution in [-0.2, 0) is 11.3 Å². The van der Waals surface area contributed by atoms with Crippen molar-refractivity contribution in [2.24, 2.45) is 0 Å². The van der Waals surface area contributed by atoms with Crippen LogP contribution in [0.2, 0.25) is 0 Å². The van der Waals surface area contributed by atoms with Gasteiger partial charge in [-0.05, 0) is 6.07 Å². The molecule has 0 aliphatic heterocycles. The van der Waals surface area contributed by atoms with Crippen LogP contribution in [0.25, 0.3) is 0 Å². The van der Waals surface area contributed by atoms with Gasteiger partial charge in [-0.25, -0.2) is 4.68 Å². The normalized spacial score (nSPS) is 9.62. The summed E-state index contributed by atoms with van der Waals surface area (Å²) in [5.41, 5.74) is 4.99. The molecule has 0 aliphatic rings. The molecule has 0 aliphatic carbocycles. The Morgan fingerprint density at radius 2 is 2.38 bits per heavy atom. The molecule has 0 aromatic carbocycles. The van der Waals surface area contributed by atoms with Gasteiger partial charge >= 0.3 is 0 Å². The molecule has 0 atom stereocenters. The average molecular weight is 182 g/mol. The Balaban J connectivity index is 2.94. The molecule has 6 heteroatoms. The number of aromatic nitrogens is 2. The zero-order chi connectivity index (χ0) is 9.84. The van der Waals surface area contributed by atoms with Crippen LogP contribution in [0, 0.1) is 0 Å². The van der Waals surface area contributed by atoms with Crippen molar-refractivity contribution in [3.05, 3.63) is 22.5 Å². The van der Waals surface area contributed by atoms with Crippen molar-refractivity contribution in [1.82, 2.24) is 15.1 Å². The van der Waals surface area contributed by atoms with Crippen molar-refractivity contribution < 1.29 is 4.79 Å². The third-order valence-corrected chi connectivity index (χ3v) is 1.46. The second-order valence-electron chi connectivity index (χ2n) is 2.43. The standard InChI is InChI=1S/C7H10N4O2/c1-9-6(12)4-11-7(13)3-2-5(8)10-11/h2-3H,4H2,1H3,(H2,8,10)(H,9,12). The lowest BCUT2D eigenvalue weighted by molar-refractivity contribution is -0.121. The van der Waals surface area contributed by atoms with E-state index in [0.717, 1.165) is 4.68 Å². The number of amides is 1. The maximum absolute atomic E-state index is 11.1. The van der Waals surface area contributed by atoms with Crippen LogP contribution < -0.4 is 16.6 Å². The molecular weight excluding hydrogens is 172 g/mol. The molecule has 1 aromatic heterocycles. The van der Waals surface area contributed by atoms with E-state index in [9.17, 15) is 9.59 Å². The molecule has 0 unspecified atom stereocenters. The minimum absolute atomic E-state index is 0.111. The predicted molar refractivity (Wildman–Crippen MR) is 47.0 cm³/mol. The first-order valence-electron chi connectivity index (χ1n) is 3.67. The fraction of sp³-hybridized carbons (Fsp3) is 0.286. The first-order chi connectivity index (χ1) is 6.13. The summed E-state index contributed by atoms with van der Waals surface area (Å²) < 4.78 is 1.01. The summed E-state index contributed by atoms with van der Waals surface area (Å²) in [4.78, 5) is 22.0. The maximum Gasteiger partial charge on any atom is 0.267 e. The van der Waals surface area contributed by atoms with Crippen molar-refractivity contribution >= 4 is 11.7 Å². The summed E-state index contributed by atoms with van der Waals surface area (Å²) in [6.45, 7) is -0.111. The molecule has 3 N–H and O–H groups in total. The minimum atomic E-state index is -0.349. The number of nitrogens with one attached hydrogen (secondary N) is 1. The topological polar surface area (TPSA) is 90.0 Å². The zero-order valence-electron chi connectivity index (χ0n) is 7.15. The van der Waals surface area contributed by atoms with Crippen LogP contribution >= 0.6 is 0 Å². The Hall–Kier alpha value is -1.85. The van der Waals surface area contributed by atoms with E-state index in [0.29, 0.717) is 0 Å². The van der Waals surface area contributed by atoms with Crippen molar-refractivity contribution in [1.29, 1.82) is 0 Å². The molecule has 1 heterocycles. The number of nitrogens with zero attached hydrogens (tertiary/aromatic N) is 2. The van der Waals surface area contributed by atoms with Gasteiger partial charge in [-0.3, -0.25) is 9.59 Å². The van der Waals surface area contributed by atoms with Gasteiger partial charge in [0, 0.05) is 13.1 Å². The molecule has 0 saturated heterocycles. The summed E-state index contributed by atoms with van der Waals surface area (Å²) in [7, 11) is 1.49. The van der Waals surface area contributed by atoms with Crippen molar-refractivity contribution in [2.75, 3.05) is 12.8 Å². The van der Waals surface area contributed by atoms with Crippen LogP contribution in [0.1, 0.15) is 0 Å². The number of carbonyl (C=O) groups is 1. The molecule has 0 fully saturated rings. The molecule has 6 nitrogen and oxygen atoms in total. The number of hydrogen-bond acceptors (Lipinski definition) is 4. The van der Waals surface area contributed by atoms with Crippen molar-refractivity contribution in [3.63, 3.8) is 0 Å². The highest BCUT2D eigenvalue weighted by molar-refractivity contribution is 5.75. The van der Waals surface area contributed by atoms with Gasteiger partial charge in [-0.1, -0.05) is 0 Å². The number of anilines is 1. The molecule has 70 valence electrons. The molecule has 13 heavy (non-hydrogen) atoms. The number of hydrogen-bond donors (Lipinski definition) is 2. The van der Waals surface area contributed by atoms with Crippen LogP contribution in [0.4, 0.5) is 5.82 Å². The van der Waals surface area contributed by atoms with E-state index in [1.54, 1.807) is 0 Å². The van der Waals surface area contributed by atoms with E-state index >= 15 is 0 Å². The summed E-state index contributed by atoms with van der Waals surface area (Å²) >= 11 is 0. The Morgan fingerprint density at radius 1 is 1.69 bits per heavy atom. The predicted octanol–water partition coefficient (Wildman–Crippen LogP) is -1.43. The van der Waals surface area contributed by atoms with Crippen LogP contribution in [0.5, 0.6) is 0 Å². The molecule has 1 rings (SSSR count). The highest BCUT2D eigenvalue weighted by atomic mass is 16.2. The lowest BCUT2D eigenvalue weighted by Crippen LogP contribution is -2.31. The molecule has 0 radical (unpaired) electrons. The van der Waals surface area contributed by atoms with Crippen LogP contribution in [0.15, 0.2) is 16.9 Å². The van der Waals surface area contributed by atoms with Crippen LogP contribution in [-0.4, -0.2) is 22.7 Å². The largest absolute Gasteiger partial charge is 0.382 e. The van der Waals surface area contributed by atoms with Gasteiger partial charge in [0.1, 0.15) is 12.4 Å². The Bertz CT molecular complexity index is 371. The fourth-order valence-electron chi connectivity index (χ4n) is 0.793. The monoisotopic (exact) mass is 182 g/mol. The SMILES string of the molecule is CNC(=O)Cn1nc(N)ccc1=O. The fourth-order valence-corrected chi connectivity index (χ4v) is 0.793. The van der Waals surface area contributed by atoms with Crippen molar-refractivity contribution in [3.8, 4) is 0 Å². The van der Waals surface area contributed by atoms with Gasteiger partial charge in [-0.2, -0.15) is 5.10 Å². The average Bonchev–Trinajstić information content (AvgIpc) is 2.11. The second-order valence-corrected chi connectivity index (χ2v) is 2.43. The third kappa shape index (κ3) is 2.29. The molecule has 0 saturated carbocycles. The van der Waals surface area contributed by atoms with Gasteiger partial charge < -0.3 is 11.1 Å².